The Hall–Kier alpha value is -3.35. The first-order valence-corrected chi connectivity index (χ1v) is 13.5. The van der Waals surface area contributed by atoms with E-state index in [1.54, 1.807) is 6.07 Å². The first-order valence-electron chi connectivity index (χ1n) is 13.1. The van der Waals surface area contributed by atoms with Crippen LogP contribution in [-0.4, -0.2) is 33.5 Å². The van der Waals surface area contributed by atoms with Crippen LogP contribution in [0, 0.1) is 0 Å². The Bertz CT molecular complexity index is 1290. The second-order valence-corrected chi connectivity index (χ2v) is 10.8. The Labute approximate surface area is 228 Å². The number of ether oxygens (including phenoxy) is 2. The molecule has 0 aromatic heterocycles. The van der Waals surface area contributed by atoms with Crippen molar-refractivity contribution in [3.8, 4) is 5.75 Å². The molecule has 1 fully saturated rings. The number of benzene rings is 3. The second kappa shape index (κ2) is 11.2. The van der Waals surface area contributed by atoms with E-state index in [2.05, 4.69) is 0 Å². The molecule has 1 heterocycles. The molecule has 7 heteroatoms. The molecular formula is C31H32ClNO5. The molecule has 1 aliphatic heterocycles. The van der Waals surface area contributed by atoms with E-state index >= 15 is 0 Å². The minimum Gasteiger partial charge on any atom is -0.487 e. The molecule has 5 rings (SSSR count). The molecule has 0 saturated heterocycles. The van der Waals surface area contributed by atoms with Crippen molar-refractivity contribution in [3.63, 3.8) is 0 Å². The number of halogens is 1. The van der Waals surface area contributed by atoms with Gasteiger partial charge in [0, 0.05) is 18.5 Å². The van der Waals surface area contributed by atoms with Gasteiger partial charge in [-0.25, -0.2) is 4.79 Å². The van der Waals surface area contributed by atoms with E-state index < -0.39 is 23.7 Å². The lowest BCUT2D eigenvalue weighted by Gasteiger charge is -2.39. The van der Waals surface area contributed by atoms with Crippen LogP contribution in [0.15, 0.2) is 72.8 Å². The second-order valence-electron chi connectivity index (χ2n) is 10.4. The number of carboxylic acids is 1. The van der Waals surface area contributed by atoms with Gasteiger partial charge < -0.3 is 19.5 Å². The minimum absolute atomic E-state index is 0.0971. The predicted molar refractivity (Wildman–Crippen MR) is 145 cm³/mol. The number of fused-ring (bicyclic) bond motifs is 1. The Morgan fingerprint density at radius 3 is 2.34 bits per heavy atom. The van der Waals surface area contributed by atoms with E-state index in [4.69, 9.17) is 21.1 Å². The van der Waals surface area contributed by atoms with Crippen molar-refractivity contribution < 1.29 is 24.2 Å². The zero-order chi connectivity index (χ0) is 26.7. The summed E-state index contributed by atoms with van der Waals surface area (Å²) in [7, 11) is 0. The highest BCUT2D eigenvalue weighted by molar-refractivity contribution is 6.32. The van der Waals surface area contributed by atoms with Crippen LogP contribution in [0.4, 0.5) is 0 Å². The number of hydrogen-bond acceptors (Lipinski definition) is 4. The molecular weight excluding hydrogens is 502 g/mol. The zero-order valence-electron chi connectivity index (χ0n) is 21.4. The predicted octanol–water partition coefficient (Wildman–Crippen LogP) is 6.35. The van der Waals surface area contributed by atoms with Crippen LogP contribution in [0.2, 0.25) is 5.02 Å². The van der Waals surface area contributed by atoms with E-state index in [9.17, 15) is 14.7 Å². The number of aliphatic carboxylic acids is 1. The van der Waals surface area contributed by atoms with Crippen LogP contribution in [0.3, 0.4) is 0 Å². The standard InChI is InChI=1S/C31H32ClNO5/c1-31(16-8-9-17-31)38-27(22-12-6-3-7-13-22)29(34)33-19-23-14-15-25(32)28(24(23)18-26(33)30(35)36)37-20-21-10-4-2-5-11-21/h2-7,10-15,26-27H,8-9,16-20H2,1H3,(H,35,36)/t26-,27?/m0/s1. The van der Waals surface area contributed by atoms with Gasteiger partial charge in [0.15, 0.2) is 6.10 Å². The van der Waals surface area contributed by atoms with E-state index in [1.807, 2.05) is 73.7 Å². The van der Waals surface area contributed by atoms with E-state index in [0.29, 0.717) is 17.4 Å². The van der Waals surface area contributed by atoms with Crippen LogP contribution in [0.25, 0.3) is 0 Å². The zero-order valence-corrected chi connectivity index (χ0v) is 22.2. The third-order valence-corrected chi connectivity index (χ3v) is 7.91. The maximum atomic E-state index is 14.1. The summed E-state index contributed by atoms with van der Waals surface area (Å²) in [5, 5.41) is 10.6. The first-order chi connectivity index (χ1) is 18.3. The smallest absolute Gasteiger partial charge is 0.326 e. The SMILES string of the molecule is CC1(OC(C(=O)N2Cc3ccc(Cl)c(OCc4ccccc4)c3C[C@H]2C(=O)O)c2ccccc2)CCCC1. The van der Waals surface area contributed by atoms with Gasteiger partial charge in [-0.3, -0.25) is 4.79 Å². The van der Waals surface area contributed by atoms with Gasteiger partial charge in [-0.1, -0.05) is 91.2 Å². The van der Waals surface area contributed by atoms with E-state index in [-0.39, 0.29) is 18.9 Å². The summed E-state index contributed by atoms with van der Waals surface area (Å²) in [6.45, 7) is 2.48. The highest BCUT2D eigenvalue weighted by Gasteiger charge is 2.42. The summed E-state index contributed by atoms with van der Waals surface area (Å²) >= 11 is 6.52. The Morgan fingerprint density at radius 1 is 1.03 bits per heavy atom. The van der Waals surface area contributed by atoms with Crippen molar-refractivity contribution in [2.75, 3.05) is 0 Å². The van der Waals surface area contributed by atoms with Crippen LogP contribution in [0.1, 0.15) is 61.0 Å². The van der Waals surface area contributed by atoms with Crippen LogP contribution >= 0.6 is 11.6 Å². The first kappa shape index (κ1) is 26.3. The Balaban J connectivity index is 1.46. The Kier molecular flexibility index (Phi) is 7.73. The van der Waals surface area contributed by atoms with E-state index in [1.165, 1.54) is 4.90 Å². The number of amides is 1. The lowest BCUT2D eigenvalue weighted by Crippen LogP contribution is -2.51. The molecule has 0 bridgehead atoms. The van der Waals surface area contributed by atoms with Crippen molar-refractivity contribution in [1.29, 1.82) is 0 Å². The summed E-state index contributed by atoms with van der Waals surface area (Å²) < 4.78 is 12.6. The summed E-state index contributed by atoms with van der Waals surface area (Å²) in [5.74, 6) is -0.943. The molecule has 1 aliphatic carbocycles. The fourth-order valence-corrected chi connectivity index (χ4v) is 5.74. The lowest BCUT2D eigenvalue weighted by atomic mass is 9.91. The topological polar surface area (TPSA) is 76.1 Å². The fourth-order valence-electron chi connectivity index (χ4n) is 5.51. The molecule has 1 N–H and O–H groups in total. The van der Waals surface area contributed by atoms with Gasteiger partial charge in [0.05, 0.1) is 10.6 Å². The molecule has 1 amide bonds. The average Bonchev–Trinajstić information content (AvgIpc) is 3.37. The molecule has 3 aromatic carbocycles. The average molecular weight is 534 g/mol. The molecule has 3 aromatic rings. The Morgan fingerprint density at radius 2 is 1.68 bits per heavy atom. The molecule has 1 saturated carbocycles. The number of carbonyl (C=O) groups excluding carboxylic acids is 1. The molecule has 1 unspecified atom stereocenters. The number of carboxylic acid groups (broad SMARTS) is 1. The fraction of sp³-hybridized carbons (Fsp3) is 0.355. The molecule has 2 aliphatic rings. The third-order valence-electron chi connectivity index (χ3n) is 7.61. The van der Waals surface area contributed by atoms with Gasteiger partial charge in [-0.05, 0) is 42.5 Å². The summed E-state index contributed by atoms with van der Waals surface area (Å²) in [5.41, 5.74) is 2.83. The third kappa shape index (κ3) is 5.57. The summed E-state index contributed by atoms with van der Waals surface area (Å²) in [6.07, 6.45) is 3.05. The van der Waals surface area contributed by atoms with Crippen molar-refractivity contribution in [2.45, 2.75) is 69.9 Å². The molecule has 198 valence electrons. The van der Waals surface area contributed by atoms with Gasteiger partial charge >= 0.3 is 5.97 Å². The van der Waals surface area contributed by atoms with Gasteiger partial charge in [-0.2, -0.15) is 0 Å². The molecule has 38 heavy (non-hydrogen) atoms. The number of rotatable bonds is 8. The molecule has 0 spiro atoms. The van der Waals surface area contributed by atoms with Gasteiger partial charge in [0.25, 0.3) is 5.91 Å². The molecule has 6 nitrogen and oxygen atoms in total. The maximum Gasteiger partial charge on any atom is 0.326 e. The van der Waals surface area contributed by atoms with Crippen LogP contribution < -0.4 is 4.74 Å². The minimum atomic E-state index is -1.07. The monoisotopic (exact) mass is 533 g/mol. The van der Waals surface area contributed by atoms with Crippen molar-refractivity contribution in [2.24, 2.45) is 0 Å². The van der Waals surface area contributed by atoms with Crippen molar-refractivity contribution in [1.82, 2.24) is 4.90 Å². The largest absolute Gasteiger partial charge is 0.487 e. The van der Waals surface area contributed by atoms with Gasteiger partial charge in [-0.15, -0.1) is 0 Å². The normalized spacial score (nSPS) is 19.0. The number of nitrogens with zero attached hydrogens (tertiary/aromatic N) is 1. The van der Waals surface area contributed by atoms with Gasteiger partial charge in [0.1, 0.15) is 18.4 Å². The van der Waals surface area contributed by atoms with Crippen LogP contribution in [0.5, 0.6) is 5.75 Å². The molecule has 0 radical (unpaired) electrons. The van der Waals surface area contributed by atoms with Crippen LogP contribution in [-0.2, 0) is 33.9 Å². The van der Waals surface area contributed by atoms with Crippen molar-refractivity contribution in [3.05, 3.63) is 100 Å². The quantitative estimate of drug-likeness (QED) is 0.365. The highest BCUT2D eigenvalue weighted by atomic mass is 35.5. The lowest BCUT2D eigenvalue weighted by molar-refractivity contribution is -0.166. The number of hydrogen-bond donors (Lipinski definition) is 1. The van der Waals surface area contributed by atoms with Gasteiger partial charge in [0.2, 0.25) is 0 Å². The summed E-state index contributed by atoms with van der Waals surface area (Å²) in [4.78, 5) is 28.0. The highest BCUT2D eigenvalue weighted by Crippen LogP contribution is 2.41. The molecule has 2 atom stereocenters. The van der Waals surface area contributed by atoms with E-state index in [0.717, 1.165) is 47.9 Å². The number of carbonyl (C=O) groups is 2. The summed E-state index contributed by atoms with van der Waals surface area (Å²) in [6, 6.07) is 21.6. The van der Waals surface area contributed by atoms with Crippen molar-refractivity contribution >= 4 is 23.5 Å². The maximum absolute atomic E-state index is 14.1.